The van der Waals surface area contributed by atoms with Crippen LogP contribution in [0.5, 0.6) is 0 Å². The molecule has 0 aliphatic heterocycles. The lowest BCUT2D eigenvalue weighted by Gasteiger charge is -2.10. The van der Waals surface area contributed by atoms with Gasteiger partial charge in [-0.25, -0.2) is 0 Å². The summed E-state index contributed by atoms with van der Waals surface area (Å²) in [6.45, 7) is 5.51. The summed E-state index contributed by atoms with van der Waals surface area (Å²) in [4.78, 5) is 34.5. The van der Waals surface area contributed by atoms with Crippen LogP contribution in [0.2, 0.25) is 0 Å². The molecule has 0 N–H and O–H groups in total. The highest BCUT2D eigenvalue weighted by atomic mass is 16.2. The quantitative estimate of drug-likeness (QED) is 0.458. The van der Waals surface area contributed by atoms with Gasteiger partial charge in [0.1, 0.15) is 5.78 Å². The summed E-state index contributed by atoms with van der Waals surface area (Å²) < 4.78 is 0. The average molecular weight is 212 g/mol. The molecule has 0 aromatic carbocycles. The molecule has 3 nitrogen and oxygen atoms in total. The average Bonchev–Trinajstić information content (AvgIpc) is 2.19. The van der Waals surface area contributed by atoms with Gasteiger partial charge in [-0.05, 0) is 19.3 Å². The molecule has 0 aromatic rings. The molecule has 0 amide bonds. The van der Waals surface area contributed by atoms with Crippen LogP contribution < -0.4 is 0 Å². The highest BCUT2D eigenvalue weighted by Crippen LogP contribution is 2.12. The van der Waals surface area contributed by atoms with Crippen molar-refractivity contribution >= 4 is 17.3 Å². The highest BCUT2D eigenvalue weighted by molar-refractivity contribution is 6.41. The topological polar surface area (TPSA) is 51.2 Å². The smallest absolute Gasteiger partial charge is 0.208 e. The first-order chi connectivity index (χ1) is 7.08. The molecule has 0 fully saturated rings. The van der Waals surface area contributed by atoms with Gasteiger partial charge >= 0.3 is 0 Å². The molecule has 0 heterocycles. The standard InChI is InChI=1S/C12H20O3/c1-4-7-10(13)9(6-3)12(15)11(14)8-5-2/h9H,4-8H2,1-3H3. The Morgan fingerprint density at radius 1 is 0.933 bits per heavy atom. The summed E-state index contributed by atoms with van der Waals surface area (Å²) in [7, 11) is 0. The third kappa shape index (κ3) is 4.36. The maximum Gasteiger partial charge on any atom is 0.208 e. The van der Waals surface area contributed by atoms with Gasteiger partial charge in [0.2, 0.25) is 5.78 Å². The Hall–Kier alpha value is -0.990. The zero-order chi connectivity index (χ0) is 11.8. The van der Waals surface area contributed by atoms with Crippen LogP contribution in [0.3, 0.4) is 0 Å². The summed E-state index contributed by atoms with van der Waals surface area (Å²) in [6.07, 6.45) is 2.47. The Morgan fingerprint density at radius 3 is 1.87 bits per heavy atom. The van der Waals surface area contributed by atoms with Crippen LogP contribution in [0.25, 0.3) is 0 Å². The molecule has 1 unspecified atom stereocenters. The zero-order valence-corrected chi connectivity index (χ0v) is 9.84. The van der Waals surface area contributed by atoms with Crippen LogP contribution in [0.15, 0.2) is 0 Å². The summed E-state index contributed by atoms with van der Waals surface area (Å²) in [5.74, 6) is -1.66. The molecule has 0 radical (unpaired) electrons. The lowest BCUT2D eigenvalue weighted by Crippen LogP contribution is -2.29. The van der Waals surface area contributed by atoms with Gasteiger partial charge in [0.15, 0.2) is 5.78 Å². The number of Topliss-reactive ketones (excluding diaryl/α,β-unsaturated/α-hetero) is 3. The van der Waals surface area contributed by atoms with E-state index in [0.29, 0.717) is 19.3 Å². The van der Waals surface area contributed by atoms with Crippen LogP contribution in [-0.2, 0) is 14.4 Å². The van der Waals surface area contributed by atoms with E-state index in [4.69, 9.17) is 0 Å². The lowest BCUT2D eigenvalue weighted by atomic mass is 9.90. The molecule has 15 heavy (non-hydrogen) atoms. The van der Waals surface area contributed by atoms with Gasteiger partial charge in [0.25, 0.3) is 0 Å². The van der Waals surface area contributed by atoms with Crippen molar-refractivity contribution in [3.8, 4) is 0 Å². The summed E-state index contributed by atoms with van der Waals surface area (Å²) in [5, 5.41) is 0. The Morgan fingerprint density at radius 2 is 1.47 bits per heavy atom. The SMILES string of the molecule is CCCC(=O)C(=O)C(CC)C(=O)CCC. The van der Waals surface area contributed by atoms with E-state index >= 15 is 0 Å². The first-order valence-corrected chi connectivity index (χ1v) is 5.68. The van der Waals surface area contributed by atoms with Crippen molar-refractivity contribution in [2.24, 2.45) is 5.92 Å². The van der Waals surface area contributed by atoms with Crippen molar-refractivity contribution in [2.75, 3.05) is 0 Å². The van der Waals surface area contributed by atoms with Gasteiger partial charge in [-0.3, -0.25) is 14.4 Å². The van der Waals surface area contributed by atoms with E-state index < -0.39 is 17.5 Å². The first kappa shape index (κ1) is 14.0. The third-order valence-electron chi connectivity index (χ3n) is 2.36. The first-order valence-electron chi connectivity index (χ1n) is 5.68. The second-order valence-corrected chi connectivity index (χ2v) is 3.71. The minimum atomic E-state index is -0.691. The Balaban J connectivity index is 4.46. The number of rotatable bonds is 8. The molecule has 0 saturated heterocycles. The van der Waals surface area contributed by atoms with Crippen molar-refractivity contribution in [1.29, 1.82) is 0 Å². The Bertz CT molecular complexity index is 243. The largest absolute Gasteiger partial charge is 0.299 e. The molecule has 0 aromatic heterocycles. The number of ketones is 3. The van der Waals surface area contributed by atoms with Crippen molar-refractivity contribution in [3.05, 3.63) is 0 Å². The van der Waals surface area contributed by atoms with Gasteiger partial charge in [-0.15, -0.1) is 0 Å². The molecule has 0 rings (SSSR count). The molecule has 1 atom stereocenters. The molecule has 0 aliphatic rings. The highest BCUT2D eigenvalue weighted by Gasteiger charge is 2.28. The van der Waals surface area contributed by atoms with Gasteiger partial charge in [-0.1, -0.05) is 20.8 Å². The number of hydrogen-bond donors (Lipinski definition) is 0. The van der Waals surface area contributed by atoms with Crippen molar-refractivity contribution < 1.29 is 14.4 Å². The number of carbonyl (C=O) groups excluding carboxylic acids is 3. The van der Waals surface area contributed by atoms with Crippen molar-refractivity contribution in [2.45, 2.75) is 52.9 Å². The number of carbonyl (C=O) groups is 3. The molecule has 0 spiro atoms. The second kappa shape index (κ2) is 7.32. The number of hydrogen-bond acceptors (Lipinski definition) is 3. The fourth-order valence-corrected chi connectivity index (χ4v) is 1.52. The van der Waals surface area contributed by atoms with E-state index in [9.17, 15) is 14.4 Å². The molecule has 86 valence electrons. The fraction of sp³-hybridized carbons (Fsp3) is 0.750. The predicted molar refractivity (Wildman–Crippen MR) is 58.6 cm³/mol. The summed E-state index contributed by atoms with van der Waals surface area (Å²) >= 11 is 0. The second-order valence-electron chi connectivity index (χ2n) is 3.71. The Kier molecular flexibility index (Phi) is 6.84. The monoisotopic (exact) mass is 212 g/mol. The summed E-state index contributed by atoms with van der Waals surface area (Å²) in [5.41, 5.74) is 0. The van der Waals surface area contributed by atoms with E-state index in [1.807, 2.05) is 13.8 Å². The van der Waals surface area contributed by atoms with Gasteiger partial charge < -0.3 is 0 Å². The predicted octanol–water partition coefficient (Wildman–Crippen LogP) is 2.32. The van der Waals surface area contributed by atoms with E-state index in [-0.39, 0.29) is 12.2 Å². The summed E-state index contributed by atoms with van der Waals surface area (Å²) in [6, 6.07) is 0. The Labute approximate surface area is 91.2 Å². The van der Waals surface area contributed by atoms with Crippen LogP contribution in [0.1, 0.15) is 52.9 Å². The molecule has 0 saturated carbocycles. The van der Waals surface area contributed by atoms with E-state index in [1.54, 1.807) is 6.92 Å². The van der Waals surface area contributed by atoms with Crippen LogP contribution in [0, 0.1) is 5.92 Å². The maximum absolute atomic E-state index is 11.6. The zero-order valence-electron chi connectivity index (χ0n) is 9.84. The molecule has 0 aliphatic carbocycles. The normalized spacial score (nSPS) is 12.2. The maximum atomic E-state index is 11.6. The molecular weight excluding hydrogens is 192 g/mol. The minimum absolute atomic E-state index is 0.0885. The van der Waals surface area contributed by atoms with Gasteiger partial charge in [-0.2, -0.15) is 0 Å². The van der Waals surface area contributed by atoms with E-state index in [0.717, 1.165) is 6.42 Å². The molecule has 0 bridgehead atoms. The molecular formula is C12H20O3. The van der Waals surface area contributed by atoms with Crippen molar-refractivity contribution in [1.82, 2.24) is 0 Å². The lowest BCUT2D eigenvalue weighted by molar-refractivity contribution is -0.142. The van der Waals surface area contributed by atoms with E-state index in [1.165, 1.54) is 0 Å². The van der Waals surface area contributed by atoms with Gasteiger partial charge in [0.05, 0.1) is 5.92 Å². The van der Waals surface area contributed by atoms with Gasteiger partial charge in [0, 0.05) is 12.8 Å². The fourth-order valence-electron chi connectivity index (χ4n) is 1.52. The molecule has 3 heteroatoms. The van der Waals surface area contributed by atoms with Crippen LogP contribution >= 0.6 is 0 Å². The third-order valence-corrected chi connectivity index (χ3v) is 2.36. The van der Waals surface area contributed by atoms with Crippen LogP contribution in [-0.4, -0.2) is 17.3 Å². The van der Waals surface area contributed by atoms with Crippen molar-refractivity contribution in [3.63, 3.8) is 0 Å². The minimum Gasteiger partial charge on any atom is -0.299 e. The van der Waals surface area contributed by atoms with Crippen LogP contribution in [0.4, 0.5) is 0 Å². The van der Waals surface area contributed by atoms with E-state index in [2.05, 4.69) is 0 Å².